The van der Waals surface area contributed by atoms with Gasteiger partial charge in [0.25, 0.3) is 21.7 Å². The van der Waals surface area contributed by atoms with Gasteiger partial charge in [-0.05, 0) is 43.5 Å². The predicted octanol–water partition coefficient (Wildman–Crippen LogP) is 3.20. The van der Waals surface area contributed by atoms with Crippen LogP contribution in [0.3, 0.4) is 0 Å². The molecule has 0 N–H and O–H groups in total. The number of hydrogen-bond acceptors (Lipinski definition) is 6. The number of hydrogen-bond donors (Lipinski definition) is 0. The van der Waals surface area contributed by atoms with Crippen LogP contribution in [0.1, 0.15) is 16.3 Å². The Balaban J connectivity index is 1.87. The number of aryl methyl sites for hydroxylation is 2. The second kappa shape index (κ2) is 6.75. The third kappa shape index (κ3) is 3.31. The number of thiophene rings is 1. The molecule has 0 fully saturated rings. The molecule has 0 aliphatic heterocycles. The summed E-state index contributed by atoms with van der Waals surface area (Å²) in [4.78, 5) is 9.85. The summed E-state index contributed by atoms with van der Waals surface area (Å²) < 4.78 is 29.4. The molecular weight excluding hydrogens is 382 g/mol. The van der Waals surface area contributed by atoms with Crippen molar-refractivity contribution in [1.29, 1.82) is 0 Å². The van der Waals surface area contributed by atoms with E-state index < -0.39 is 10.0 Å². The summed E-state index contributed by atoms with van der Waals surface area (Å²) in [5, 5.41) is 6.33. The topological polar surface area (TPSA) is 80.5 Å². The van der Waals surface area contributed by atoms with E-state index in [1.54, 1.807) is 34.8 Å². The monoisotopic (exact) mass is 399 g/mol. The van der Waals surface area contributed by atoms with Gasteiger partial charge in [0, 0.05) is 16.3 Å². The Morgan fingerprint density at radius 1 is 1.07 bits per heavy atom. The maximum Gasteiger partial charge on any atom is 0.267 e. The molecule has 0 radical (unpaired) electrons. The summed E-state index contributed by atoms with van der Waals surface area (Å²) in [5.74, 6) is 0.482. The fourth-order valence-electron chi connectivity index (χ4n) is 2.79. The molecule has 0 saturated carbocycles. The standard InChI is InChI=1S/C18H17N5O2S2/c1-13-11-14(2)23-17(19-13)20-18(21-23)22(12-15-7-6-10-26-15)27(24,25)16-8-4-3-5-9-16/h3-11H,12H2,1-2H3. The molecule has 9 heteroatoms. The van der Waals surface area contributed by atoms with E-state index in [-0.39, 0.29) is 17.4 Å². The van der Waals surface area contributed by atoms with E-state index in [4.69, 9.17) is 0 Å². The van der Waals surface area contributed by atoms with Crippen LogP contribution in [0.25, 0.3) is 5.78 Å². The molecule has 0 atom stereocenters. The van der Waals surface area contributed by atoms with E-state index in [9.17, 15) is 8.42 Å². The minimum Gasteiger partial charge on any atom is -0.227 e. The van der Waals surface area contributed by atoms with E-state index in [1.807, 2.05) is 37.4 Å². The van der Waals surface area contributed by atoms with Gasteiger partial charge in [-0.15, -0.1) is 16.4 Å². The lowest BCUT2D eigenvalue weighted by atomic mass is 10.4. The first kappa shape index (κ1) is 17.6. The lowest BCUT2D eigenvalue weighted by molar-refractivity contribution is 0.589. The summed E-state index contributed by atoms with van der Waals surface area (Å²) in [5.41, 5.74) is 1.64. The lowest BCUT2D eigenvalue weighted by Gasteiger charge is -2.20. The van der Waals surface area contributed by atoms with Crippen molar-refractivity contribution >= 4 is 33.1 Å². The molecule has 3 heterocycles. The molecule has 0 bridgehead atoms. The van der Waals surface area contributed by atoms with Gasteiger partial charge < -0.3 is 0 Å². The molecule has 0 aliphatic rings. The summed E-state index contributed by atoms with van der Waals surface area (Å²) >= 11 is 1.49. The van der Waals surface area contributed by atoms with Crippen molar-refractivity contribution in [2.24, 2.45) is 0 Å². The molecule has 0 aliphatic carbocycles. The Morgan fingerprint density at radius 3 is 2.56 bits per heavy atom. The molecule has 7 nitrogen and oxygen atoms in total. The highest BCUT2D eigenvalue weighted by Crippen LogP contribution is 2.25. The number of anilines is 1. The Kier molecular flexibility index (Phi) is 4.40. The van der Waals surface area contributed by atoms with E-state index in [1.165, 1.54) is 15.6 Å². The van der Waals surface area contributed by atoms with Crippen molar-refractivity contribution in [3.8, 4) is 0 Å². The lowest BCUT2D eigenvalue weighted by Crippen LogP contribution is -2.31. The summed E-state index contributed by atoms with van der Waals surface area (Å²) in [7, 11) is -3.83. The van der Waals surface area contributed by atoms with Crippen molar-refractivity contribution in [2.45, 2.75) is 25.3 Å². The number of nitrogens with zero attached hydrogens (tertiary/aromatic N) is 5. The average Bonchev–Trinajstić information content (AvgIpc) is 3.29. The van der Waals surface area contributed by atoms with Crippen LogP contribution in [-0.4, -0.2) is 28.0 Å². The molecule has 0 amide bonds. The molecule has 138 valence electrons. The fourth-order valence-corrected chi connectivity index (χ4v) is 4.92. The molecule has 4 aromatic rings. The van der Waals surface area contributed by atoms with Gasteiger partial charge in [0.1, 0.15) is 0 Å². The van der Waals surface area contributed by atoms with Crippen LogP contribution >= 0.6 is 11.3 Å². The van der Waals surface area contributed by atoms with Gasteiger partial charge in [-0.2, -0.15) is 9.50 Å². The molecule has 27 heavy (non-hydrogen) atoms. The smallest absolute Gasteiger partial charge is 0.227 e. The van der Waals surface area contributed by atoms with Crippen LogP contribution < -0.4 is 4.31 Å². The number of benzene rings is 1. The molecule has 1 aromatic carbocycles. The van der Waals surface area contributed by atoms with Crippen LogP contribution in [0.4, 0.5) is 5.95 Å². The summed E-state index contributed by atoms with van der Waals surface area (Å²) in [6.45, 7) is 3.91. The van der Waals surface area contributed by atoms with Crippen LogP contribution in [0.5, 0.6) is 0 Å². The Hall–Kier alpha value is -2.78. The van der Waals surface area contributed by atoms with Gasteiger partial charge in [0.05, 0.1) is 11.4 Å². The van der Waals surface area contributed by atoms with E-state index in [0.29, 0.717) is 5.78 Å². The summed E-state index contributed by atoms with van der Waals surface area (Å²) in [6, 6.07) is 14.0. The van der Waals surface area contributed by atoms with E-state index >= 15 is 0 Å². The number of rotatable bonds is 5. The fraction of sp³-hybridized carbons (Fsp3) is 0.167. The van der Waals surface area contributed by atoms with Gasteiger partial charge in [-0.1, -0.05) is 24.3 Å². The molecule has 0 spiro atoms. The van der Waals surface area contributed by atoms with Crippen LogP contribution in [-0.2, 0) is 16.6 Å². The van der Waals surface area contributed by atoms with E-state index in [2.05, 4.69) is 15.1 Å². The third-order valence-electron chi connectivity index (χ3n) is 4.04. The molecule has 4 rings (SSSR count). The van der Waals surface area contributed by atoms with Crippen LogP contribution in [0.15, 0.2) is 58.8 Å². The Labute approximate surface area is 161 Å². The molecule has 0 unspecified atom stereocenters. The molecular formula is C18H17N5O2S2. The second-order valence-corrected chi connectivity index (χ2v) is 8.96. The highest BCUT2D eigenvalue weighted by atomic mass is 32.2. The van der Waals surface area contributed by atoms with Crippen LogP contribution in [0, 0.1) is 13.8 Å². The van der Waals surface area contributed by atoms with Crippen molar-refractivity contribution < 1.29 is 8.42 Å². The minimum atomic E-state index is -3.83. The van der Waals surface area contributed by atoms with Gasteiger partial charge in [0.2, 0.25) is 0 Å². The van der Waals surface area contributed by atoms with Crippen molar-refractivity contribution in [3.63, 3.8) is 0 Å². The maximum atomic E-state index is 13.3. The van der Waals surface area contributed by atoms with Gasteiger partial charge in [-0.3, -0.25) is 0 Å². The minimum absolute atomic E-state index is 0.105. The zero-order chi connectivity index (χ0) is 19.0. The first-order chi connectivity index (χ1) is 12.9. The SMILES string of the molecule is Cc1cc(C)n2nc(N(Cc3cccs3)S(=O)(=O)c3ccccc3)nc2n1. The zero-order valence-corrected chi connectivity index (χ0v) is 16.4. The van der Waals surface area contributed by atoms with E-state index in [0.717, 1.165) is 16.3 Å². The quantitative estimate of drug-likeness (QED) is 0.515. The van der Waals surface area contributed by atoms with Gasteiger partial charge >= 0.3 is 0 Å². The Bertz CT molecular complexity index is 1190. The first-order valence-electron chi connectivity index (χ1n) is 8.26. The highest BCUT2D eigenvalue weighted by molar-refractivity contribution is 7.92. The number of aromatic nitrogens is 4. The second-order valence-electron chi connectivity index (χ2n) is 6.07. The average molecular weight is 400 g/mol. The normalized spacial score (nSPS) is 11.8. The highest BCUT2D eigenvalue weighted by Gasteiger charge is 2.29. The molecule has 3 aromatic heterocycles. The van der Waals surface area contributed by atoms with Crippen LogP contribution in [0.2, 0.25) is 0 Å². The number of sulfonamides is 1. The summed E-state index contributed by atoms with van der Waals surface area (Å²) in [6.07, 6.45) is 0. The zero-order valence-electron chi connectivity index (χ0n) is 14.8. The first-order valence-corrected chi connectivity index (χ1v) is 10.6. The van der Waals surface area contributed by atoms with Gasteiger partial charge in [-0.25, -0.2) is 17.7 Å². The largest absolute Gasteiger partial charge is 0.267 e. The Morgan fingerprint density at radius 2 is 1.85 bits per heavy atom. The predicted molar refractivity (Wildman–Crippen MR) is 104 cm³/mol. The molecule has 0 saturated heterocycles. The maximum absolute atomic E-state index is 13.3. The van der Waals surface area contributed by atoms with Crippen molar-refractivity contribution in [1.82, 2.24) is 19.6 Å². The van der Waals surface area contributed by atoms with Crippen molar-refractivity contribution in [3.05, 3.63) is 70.2 Å². The van der Waals surface area contributed by atoms with Crippen molar-refractivity contribution in [2.75, 3.05) is 4.31 Å². The number of fused-ring (bicyclic) bond motifs is 1. The van der Waals surface area contributed by atoms with Gasteiger partial charge in [0.15, 0.2) is 0 Å². The third-order valence-corrected chi connectivity index (χ3v) is 6.64.